The summed E-state index contributed by atoms with van der Waals surface area (Å²) in [7, 11) is 0. The SMILES string of the molecule is CCn1cc(C=C2Oc3c(ccc(OCC=Cc4ccccc4)c3C)C2=O)c2ccccc21. The number of aryl methyl sites for hydroxylation is 1. The van der Waals surface area contributed by atoms with Crippen molar-refractivity contribution in [1.82, 2.24) is 4.57 Å². The van der Waals surface area contributed by atoms with Crippen molar-refractivity contribution in [2.75, 3.05) is 6.61 Å². The van der Waals surface area contributed by atoms with Crippen LogP contribution in [-0.2, 0) is 6.54 Å². The lowest BCUT2D eigenvalue weighted by Crippen LogP contribution is -1.98. The van der Waals surface area contributed by atoms with E-state index in [1.807, 2.05) is 73.7 Å². The Balaban J connectivity index is 1.38. The summed E-state index contributed by atoms with van der Waals surface area (Å²) in [5.41, 5.74) is 4.65. The molecule has 0 bridgehead atoms. The number of Topliss-reactive ketones (excluding diaryl/α,β-unsaturated/α-hetero) is 1. The lowest BCUT2D eigenvalue weighted by molar-refractivity contribution is 0.101. The maximum atomic E-state index is 13.0. The number of para-hydroxylation sites is 1. The molecule has 4 nitrogen and oxygen atoms in total. The second kappa shape index (κ2) is 8.83. The molecule has 4 aromatic rings. The van der Waals surface area contributed by atoms with Gasteiger partial charge in [-0.1, -0.05) is 54.6 Å². The zero-order chi connectivity index (χ0) is 22.8. The highest BCUT2D eigenvalue weighted by molar-refractivity contribution is 6.15. The molecule has 0 amide bonds. The number of aromatic nitrogens is 1. The predicted octanol–water partition coefficient (Wildman–Crippen LogP) is 6.68. The highest BCUT2D eigenvalue weighted by atomic mass is 16.5. The fraction of sp³-hybridized carbons (Fsp3) is 0.138. The minimum Gasteiger partial charge on any atom is -0.489 e. The second-order valence-electron chi connectivity index (χ2n) is 8.02. The molecule has 164 valence electrons. The van der Waals surface area contributed by atoms with E-state index in [2.05, 4.69) is 29.8 Å². The third-order valence-corrected chi connectivity index (χ3v) is 5.93. The fourth-order valence-electron chi connectivity index (χ4n) is 4.20. The molecule has 0 saturated heterocycles. The van der Waals surface area contributed by atoms with Gasteiger partial charge in [-0.3, -0.25) is 4.79 Å². The minimum atomic E-state index is -0.100. The average Bonchev–Trinajstić information content (AvgIpc) is 3.37. The number of fused-ring (bicyclic) bond motifs is 2. The van der Waals surface area contributed by atoms with Gasteiger partial charge < -0.3 is 14.0 Å². The number of hydrogen-bond acceptors (Lipinski definition) is 3. The van der Waals surface area contributed by atoms with E-state index in [0.717, 1.165) is 34.1 Å². The van der Waals surface area contributed by atoms with Crippen LogP contribution in [0.25, 0.3) is 23.1 Å². The standard InChI is InChI=1S/C29H25NO3/c1-3-30-19-22(23-13-7-8-14-25(23)30)18-27-28(31)24-15-16-26(20(2)29(24)33-27)32-17-9-12-21-10-5-4-6-11-21/h4-16,18-19H,3,17H2,1-2H3. The number of nitrogens with zero attached hydrogens (tertiary/aromatic N) is 1. The molecule has 0 radical (unpaired) electrons. The summed E-state index contributed by atoms with van der Waals surface area (Å²) in [6, 6.07) is 21.9. The molecule has 0 N–H and O–H groups in total. The predicted molar refractivity (Wildman–Crippen MR) is 133 cm³/mol. The Morgan fingerprint density at radius 3 is 2.61 bits per heavy atom. The summed E-state index contributed by atoms with van der Waals surface area (Å²) in [5.74, 6) is 1.53. The molecule has 33 heavy (non-hydrogen) atoms. The van der Waals surface area contributed by atoms with Crippen molar-refractivity contribution in [2.45, 2.75) is 20.4 Å². The van der Waals surface area contributed by atoms with E-state index >= 15 is 0 Å². The molecule has 0 atom stereocenters. The second-order valence-corrected chi connectivity index (χ2v) is 8.02. The van der Waals surface area contributed by atoms with Gasteiger partial charge >= 0.3 is 0 Å². The molecule has 0 unspecified atom stereocenters. The summed E-state index contributed by atoms with van der Waals surface area (Å²) in [6.07, 6.45) is 7.91. The Labute approximate surface area is 193 Å². The summed E-state index contributed by atoms with van der Waals surface area (Å²) in [6.45, 7) is 5.32. The third kappa shape index (κ3) is 3.96. The summed E-state index contributed by atoms with van der Waals surface area (Å²) >= 11 is 0. The van der Waals surface area contributed by atoms with Crippen molar-refractivity contribution in [3.05, 3.63) is 107 Å². The van der Waals surface area contributed by atoms with Crippen LogP contribution >= 0.6 is 0 Å². The first-order valence-corrected chi connectivity index (χ1v) is 11.2. The molecular weight excluding hydrogens is 410 g/mol. The van der Waals surface area contributed by atoms with Crippen molar-refractivity contribution in [1.29, 1.82) is 0 Å². The number of hydrogen-bond donors (Lipinski definition) is 0. The molecule has 1 aliphatic heterocycles. The smallest absolute Gasteiger partial charge is 0.231 e. The lowest BCUT2D eigenvalue weighted by Gasteiger charge is -2.10. The van der Waals surface area contributed by atoms with Crippen molar-refractivity contribution in [3.8, 4) is 11.5 Å². The van der Waals surface area contributed by atoms with Crippen LogP contribution in [0.1, 0.15) is 34.0 Å². The fourth-order valence-corrected chi connectivity index (χ4v) is 4.20. The van der Waals surface area contributed by atoms with E-state index in [9.17, 15) is 4.79 Å². The van der Waals surface area contributed by atoms with Crippen molar-refractivity contribution in [2.24, 2.45) is 0 Å². The molecule has 1 aliphatic rings. The van der Waals surface area contributed by atoms with Crippen LogP contribution in [0.2, 0.25) is 0 Å². The first-order chi connectivity index (χ1) is 16.2. The van der Waals surface area contributed by atoms with Crippen LogP contribution in [0.15, 0.2) is 84.8 Å². The molecule has 4 heteroatoms. The summed E-state index contributed by atoms with van der Waals surface area (Å²) in [5, 5.41) is 1.10. The van der Waals surface area contributed by atoms with Gasteiger partial charge in [0.25, 0.3) is 0 Å². The third-order valence-electron chi connectivity index (χ3n) is 5.93. The number of rotatable bonds is 6. The lowest BCUT2D eigenvalue weighted by atomic mass is 10.1. The van der Waals surface area contributed by atoms with Crippen LogP contribution < -0.4 is 9.47 Å². The van der Waals surface area contributed by atoms with Gasteiger partial charge in [-0.25, -0.2) is 0 Å². The zero-order valence-electron chi connectivity index (χ0n) is 18.7. The van der Waals surface area contributed by atoms with Crippen molar-refractivity contribution >= 4 is 28.8 Å². The number of ketones is 1. The van der Waals surface area contributed by atoms with Crippen LogP contribution in [0.4, 0.5) is 0 Å². The van der Waals surface area contributed by atoms with E-state index in [-0.39, 0.29) is 5.78 Å². The monoisotopic (exact) mass is 435 g/mol. The number of ether oxygens (including phenoxy) is 2. The minimum absolute atomic E-state index is 0.100. The number of carbonyl (C=O) groups is 1. The van der Waals surface area contributed by atoms with E-state index in [1.54, 1.807) is 6.07 Å². The van der Waals surface area contributed by atoms with Crippen LogP contribution in [0, 0.1) is 6.92 Å². The zero-order valence-corrected chi connectivity index (χ0v) is 18.7. The largest absolute Gasteiger partial charge is 0.489 e. The normalized spacial score (nSPS) is 14.2. The van der Waals surface area contributed by atoms with Gasteiger partial charge in [0.15, 0.2) is 5.76 Å². The van der Waals surface area contributed by atoms with Gasteiger partial charge in [-0.2, -0.15) is 0 Å². The number of benzene rings is 3. The first-order valence-electron chi connectivity index (χ1n) is 11.2. The van der Waals surface area contributed by atoms with Crippen LogP contribution in [0.3, 0.4) is 0 Å². The Kier molecular flexibility index (Phi) is 5.57. The summed E-state index contributed by atoms with van der Waals surface area (Å²) < 4.78 is 14.2. The van der Waals surface area contributed by atoms with Gasteiger partial charge in [-0.05, 0) is 49.8 Å². The molecular formula is C29H25NO3. The average molecular weight is 436 g/mol. The highest BCUT2D eigenvalue weighted by Crippen LogP contribution is 2.39. The van der Waals surface area contributed by atoms with E-state index < -0.39 is 0 Å². The van der Waals surface area contributed by atoms with E-state index in [0.29, 0.717) is 29.4 Å². The molecule has 0 saturated carbocycles. The van der Waals surface area contributed by atoms with Gasteiger partial charge in [0, 0.05) is 34.8 Å². The Bertz CT molecular complexity index is 1390. The summed E-state index contributed by atoms with van der Waals surface area (Å²) in [4.78, 5) is 13.0. The quantitative estimate of drug-likeness (QED) is 0.317. The first kappa shape index (κ1) is 20.8. The maximum Gasteiger partial charge on any atom is 0.231 e. The van der Waals surface area contributed by atoms with Crippen LogP contribution in [0.5, 0.6) is 11.5 Å². The molecule has 0 aliphatic carbocycles. The Morgan fingerprint density at radius 1 is 1.00 bits per heavy atom. The van der Waals surface area contributed by atoms with Gasteiger partial charge in [0.2, 0.25) is 5.78 Å². The van der Waals surface area contributed by atoms with E-state index in [4.69, 9.17) is 9.47 Å². The van der Waals surface area contributed by atoms with Crippen LogP contribution in [-0.4, -0.2) is 17.0 Å². The highest BCUT2D eigenvalue weighted by Gasteiger charge is 2.30. The van der Waals surface area contributed by atoms with Gasteiger partial charge in [0.1, 0.15) is 18.1 Å². The van der Waals surface area contributed by atoms with Gasteiger partial charge in [0.05, 0.1) is 5.56 Å². The van der Waals surface area contributed by atoms with Crippen molar-refractivity contribution < 1.29 is 14.3 Å². The molecule has 2 heterocycles. The molecule has 5 rings (SSSR count). The number of carbonyl (C=O) groups excluding carboxylic acids is 1. The molecule has 0 spiro atoms. The van der Waals surface area contributed by atoms with E-state index in [1.165, 1.54) is 0 Å². The Morgan fingerprint density at radius 2 is 1.79 bits per heavy atom. The number of allylic oxidation sites excluding steroid dienone is 1. The topological polar surface area (TPSA) is 40.5 Å². The van der Waals surface area contributed by atoms with Gasteiger partial charge in [-0.15, -0.1) is 0 Å². The molecule has 0 fully saturated rings. The van der Waals surface area contributed by atoms with Crippen molar-refractivity contribution in [3.63, 3.8) is 0 Å². The molecule has 3 aromatic carbocycles. The Hall–Kier alpha value is -4.05. The maximum absolute atomic E-state index is 13.0. The molecule has 1 aromatic heterocycles.